The number of hydrogen-bond acceptors (Lipinski definition) is 5. The smallest absolute Gasteiger partial charge is 0.257 e. The van der Waals surface area contributed by atoms with E-state index in [0.29, 0.717) is 5.95 Å². The summed E-state index contributed by atoms with van der Waals surface area (Å²) >= 11 is 0. The molecule has 16 heavy (non-hydrogen) atoms. The summed E-state index contributed by atoms with van der Waals surface area (Å²) in [5.74, 6) is 5.57. The van der Waals surface area contributed by atoms with Gasteiger partial charge < -0.3 is 0 Å². The Balaban J connectivity index is 2.53. The van der Waals surface area contributed by atoms with Gasteiger partial charge in [0.25, 0.3) is 5.95 Å². The first kappa shape index (κ1) is 10.5. The molecule has 0 spiro atoms. The number of hydrogen-bond donors (Lipinski definition) is 2. The van der Waals surface area contributed by atoms with Crippen LogP contribution in [0.2, 0.25) is 0 Å². The predicted molar refractivity (Wildman–Crippen MR) is 62.5 cm³/mol. The SMILES string of the molecule is Cc1ccc(C)c(-c2cnnc(NN)n2)c1. The van der Waals surface area contributed by atoms with Crippen molar-refractivity contribution in [1.29, 1.82) is 0 Å². The molecule has 1 aromatic heterocycles. The Hall–Kier alpha value is -2.01. The predicted octanol–water partition coefficient (Wildman–Crippen LogP) is 1.44. The van der Waals surface area contributed by atoms with E-state index in [-0.39, 0.29) is 0 Å². The summed E-state index contributed by atoms with van der Waals surface area (Å²) in [5, 5.41) is 7.59. The Labute approximate surface area is 93.7 Å². The van der Waals surface area contributed by atoms with Gasteiger partial charge in [-0.3, -0.25) is 5.43 Å². The minimum absolute atomic E-state index is 0.318. The van der Waals surface area contributed by atoms with Crippen molar-refractivity contribution in [2.75, 3.05) is 5.43 Å². The highest BCUT2D eigenvalue weighted by atomic mass is 15.3. The molecule has 0 fully saturated rings. The van der Waals surface area contributed by atoms with Gasteiger partial charge in [-0.2, -0.15) is 5.10 Å². The maximum absolute atomic E-state index is 5.25. The molecule has 1 heterocycles. The summed E-state index contributed by atoms with van der Waals surface area (Å²) in [6, 6.07) is 6.19. The van der Waals surface area contributed by atoms with Crippen LogP contribution < -0.4 is 11.3 Å². The average Bonchev–Trinajstić information content (AvgIpc) is 2.32. The molecule has 5 heteroatoms. The van der Waals surface area contributed by atoms with Crippen LogP contribution in [0.5, 0.6) is 0 Å². The number of nitrogens with one attached hydrogen (secondary N) is 1. The van der Waals surface area contributed by atoms with Gasteiger partial charge in [0, 0.05) is 5.56 Å². The first-order valence-electron chi connectivity index (χ1n) is 4.94. The third-order valence-electron chi connectivity index (χ3n) is 2.36. The first-order valence-corrected chi connectivity index (χ1v) is 4.94. The van der Waals surface area contributed by atoms with E-state index in [2.05, 4.69) is 38.8 Å². The van der Waals surface area contributed by atoms with E-state index < -0.39 is 0 Å². The van der Waals surface area contributed by atoms with Gasteiger partial charge in [0.2, 0.25) is 0 Å². The number of rotatable bonds is 2. The van der Waals surface area contributed by atoms with Crippen LogP contribution in [-0.4, -0.2) is 15.2 Å². The summed E-state index contributed by atoms with van der Waals surface area (Å²) in [7, 11) is 0. The molecule has 0 aliphatic heterocycles. The Bertz CT molecular complexity index is 509. The molecule has 3 N–H and O–H groups in total. The molecule has 0 saturated carbocycles. The first-order chi connectivity index (χ1) is 7.70. The third-order valence-corrected chi connectivity index (χ3v) is 2.36. The standard InChI is InChI=1S/C11H13N5/c1-7-3-4-8(2)9(5-7)10-6-13-16-11(14-10)15-12/h3-6H,12H2,1-2H3,(H,14,15,16). The second kappa shape index (κ2) is 4.24. The second-order valence-corrected chi connectivity index (χ2v) is 3.63. The van der Waals surface area contributed by atoms with Crippen molar-refractivity contribution in [2.45, 2.75) is 13.8 Å². The maximum Gasteiger partial charge on any atom is 0.257 e. The summed E-state index contributed by atoms with van der Waals surface area (Å²) in [4.78, 5) is 4.25. The largest absolute Gasteiger partial charge is 0.291 e. The number of nitrogen functional groups attached to an aromatic ring is 1. The lowest BCUT2D eigenvalue weighted by atomic mass is 10.0. The number of nitrogens with two attached hydrogens (primary N) is 1. The number of aryl methyl sites for hydroxylation is 2. The summed E-state index contributed by atoms with van der Waals surface area (Å²) in [6.45, 7) is 4.08. The maximum atomic E-state index is 5.25. The van der Waals surface area contributed by atoms with Gasteiger partial charge in [0.1, 0.15) is 0 Å². The van der Waals surface area contributed by atoms with Gasteiger partial charge >= 0.3 is 0 Å². The highest BCUT2D eigenvalue weighted by molar-refractivity contribution is 5.64. The van der Waals surface area contributed by atoms with Crippen LogP contribution in [0.1, 0.15) is 11.1 Å². The number of nitrogens with zero attached hydrogens (tertiary/aromatic N) is 3. The molecule has 5 nitrogen and oxygen atoms in total. The number of aromatic nitrogens is 3. The summed E-state index contributed by atoms with van der Waals surface area (Å²) in [6.07, 6.45) is 1.63. The van der Waals surface area contributed by atoms with Gasteiger partial charge in [0.05, 0.1) is 11.9 Å². The molecule has 0 saturated heterocycles. The molecule has 82 valence electrons. The fraction of sp³-hybridized carbons (Fsp3) is 0.182. The van der Waals surface area contributed by atoms with E-state index in [1.807, 2.05) is 13.8 Å². The average molecular weight is 215 g/mol. The minimum Gasteiger partial charge on any atom is -0.291 e. The van der Waals surface area contributed by atoms with Gasteiger partial charge in [-0.15, -0.1) is 5.10 Å². The lowest BCUT2D eigenvalue weighted by Crippen LogP contribution is -2.11. The van der Waals surface area contributed by atoms with Crippen LogP contribution in [-0.2, 0) is 0 Å². The minimum atomic E-state index is 0.318. The van der Waals surface area contributed by atoms with Gasteiger partial charge in [0.15, 0.2) is 0 Å². The van der Waals surface area contributed by atoms with Crippen molar-refractivity contribution in [3.05, 3.63) is 35.5 Å². The fourth-order valence-corrected chi connectivity index (χ4v) is 1.51. The lowest BCUT2D eigenvalue weighted by molar-refractivity contribution is 0.965. The molecule has 2 aromatic rings. The molecular weight excluding hydrogens is 202 g/mol. The van der Waals surface area contributed by atoms with E-state index in [1.54, 1.807) is 6.20 Å². The normalized spacial score (nSPS) is 10.2. The van der Waals surface area contributed by atoms with Crippen molar-refractivity contribution in [2.24, 2.45) is 5.84 Å². The monoisotopic (exact) mass is 215 g/mol. The van der Waals surface area contributed by atoms with E-state index in [0.717, 1.165) is 16.8 Å². The molecule has 0 unspecified atom stereocenters. The second-order valence-electron chi connectivity index (χ2n) is 3.63. The van der Waals surface area contributed by atoms with Crippen LogP contribution in [0.4, 0.5) is 5.95 Å². The zero-order valence-corrected chi connectivity index (χ0v) is 9.23. The van der Waals surface area contributed by atoms with Gasteiger partial charge in [-0.25, -0.2) is 10.8 Å². The van der Waals surface area contributed by atoms with E-state index in [1.165, 1.54) is 5.56 Å². The van der Waals surface area contributed by atoms with E-state index in [9.17, 15) is 0 Å². The van der Waals surface area contributed by atoms with Crippen molar-refractivity contribution in [1.82, 2.24) is 15.2 Å². The molecule has 0 radical (unpaired) electrons. The van der Waals surface area contributed by atoms with Crippen LogP contribution in [0.25, 0.3) is 11.3 Å². The lowest BCUT2D eigenvalue weighted by Gasteiger charge is -2.06. The number of benzene rings is 1. The molecule has 0 amide bonds. The highest BCUT2D eigenvalue weighted by Gasteiger charge is 2.05. The van der Waals surface area contributed by atoms with Crippen LogP contribution >= 0.6 is 0 Å². The van der Waals surface area contributed by atoms with Crippen molar-refractivity contribution in [3.8, 4) is 11.3 Å². The van der Waals surface area contributed by atoms with Crippen LogP contribution in [0.3, 0.4) is 0 Å². The zero-order chi connectivity index (χ0) is 11.5. The quantitative estimate of drug-likeness (QED) is 0.585. The molecule has 0 bridgehead atoms. The van der Waals surface area contributed by atoms with E-state index >= 15 is 0 Å². The summed E-state index contributed by atoms with van der Waals surface area (Å²) in [5.41, 5.74) is 6.53. The topological polar surface area (TPSA) is 76.7 Å². The molecule has 0 atom stereocenters. The Morgan fingerprint density at radius 3 is 2.81 bits per heavy atom. The Morgan fingerprint density at radius 1 is 1.25 bits per heavy atom. The highest BCUT2D eigenvalue weighted by Crippen LogP contribution is 2.22. The zero-order valence-electron chi connectivity index (χ0n) is 9.23. The van der Waals surface area contributed by atoms with Gasteiger partial charge in [-0.1, -0.05) is 17.7 Å². The Morgan fingerprint density at radius 2 is 2.06 bits per heavy atom. The summed E-state index contributed by atoms with van der Waals surface area (Å²) < 4.78 is 0. The molecular formula is C11H13N5. The molecule has 0 aliphatic carbocycles. The van der Waals surface area contributed by atoms with Crippen molar-refractivity contribution >= 4 is 5.95 Å². The third kappa shape index (κ3) is 1.99. The van der Waals surface area contributed by atoms with Crippen LogP contribution in [0.15, 0.2) is 24.4 Å². The molecule has 1 aromatic carbocycles. The number of anilines is 1. The number of hydrazine groups is 1. The van der Waals surface area contributed by atoms with Crippen molar-refractivity contribution < 1.29 is 0 Å². The molecule has 0 aliphatic rings. The van der Waals surface area contributed by atoms with Gasteiger partial charge in [-0.05, 0) is 25.5 Å². The van der Waals surface area contributed by atoms with Crippen LogP contribution in [0, 0.1) is 13.8 Å². The van der Waals surface area contributed by atoms with Crippen molar-refractivity contribution in [3.63, 3.8) is 0 Å². The molecule has 2 rings (SSSR count). The Kier molecular flexibility index (Phi) is 2.78. The van der Waals surface area contributed by atoms with E-state index in [4.69, 9.17) is 5.84 Å². The fourth-order valence-electron chi connectivity index (χ4n) is 1.51.